The summed E-state index contributed by atoms with van der Waals surface area (Å²) in [7, 11) is 0. The van der Waals surface area contributed by atoms with Crippen LogP contribution >= 0.6 is 11.6 Å². The summed E-state index contributed by atoms with van der Waals surface area (Å²) in [6, 6.07) is 9.78. The molecule has 2 aromatic rings. The van der Waals surface area contributed by atoms with Gasteiger partial charge in [-0.1, -0.05) is 35.4 Å². The molecule has 26 heavy (non-hydrogen) atoms. The Morgan fingerprint density at radius 3 is 2.42 bits per heavy atom. The molecule has 0 bridgehead atoms. The standard InChI is InChI=1S/C21H23ClN2O2/c1-12-5-6-18(14(3)7-12)24-11-16(10-19(24)25)21(26)23-20-15(4)8-13(2)9-17(20)22/h5-9,16H,10-11H2,1-4H3,(H,23,26). The number of carbonyl (C=O) groups excluding carboxylic acids is 2. The van der Waals surface area contributed by atoms with E-state index in [1.54, 1.807) is 4.90 Å². The molecule has 0 aromatic heterocycles. The number of amides is 2. The lowest BCUT2D eigenvalue weighted by Crippen LogP contribution is -2.28. The lowest BCUT2D eigenvalue weighted by atomic mass is 10.1. The average molecular weight is 371 g/mol. The van der Waals surface area contributed by atoms with Crippen LogP contribution in [0.4, 0.5) is 11.4 Å². The van der Waals surface area contributed by atoms with E-state index in [2.05, 4.69) is 5.32 Å². The van der Waals surface area contributed by atoms with Crippen molar-refractivity contribution in [3.63, 3.8) is 0 Å². The molecule has 1 aliphatic heterocycles. The molecular weight excluding hydrogens is 348 g/mol. The smallest absolute Gasteiger partial charge is 0.229 e. The number of rotatable bonds is 3. The summed E-state index contributed by atoms with van der Waals surface area (Å²) in [5.74, 6) is -0.580. The summed E-state index contributed by atoms with van der Waals surface area (Å²) in [6.45, 7) is 8.26. The van der Waals surface area contributed by atoms with Crippen LogP contribution < -0.4 is 10.2 Å². The van der Waals surface area contributed by atoms with Crippen LogP contribution in [-0.2, 0) is 9.59 Å². The Morgan fingerprint density at radius 2 is 1.77 bits per heavy atom. The molecule has 3 rings (SSSR count). The molecule has 0 aliphatic carbocycles. The van der Waals surface area contributed by atoms with Gasteiger partial charge in [0.05, 0.1) is 16.6 Å². The summed E-state index contributed by atoms with van der Waals surface area (Å²) in [5, 5.41) is 3.43. The Kier molecular flexibility index (Phi) is 5.05. The fraction of sp³-hybridized carbons (Fsp3) is 0.333. The van der Waals surface area contributed by atoms with E-state index in [4.69, 9.17) is 11.6 Å². The number of benzene rings is 2. The van der Waals surface area contributed by atoms with Crippen LogP contribution in [0.1, 0.15) is 28.7 Å². The Balaban J connectivity index is 1.77. The molecular formula is C21H23ClN2O2. The number of anilines is 2. The van der Waals surface area contributed by atoms with Crippen LogP contribution in [0, 0.1) is 33.6 Å². The van der Waals surface area contributed by atoms with Crippen molar-refractivity contribution < 1.29 is 9.59 Å². The van der Waals surface area contributed by atoms with Crippen LogP contribution in [0.5, 0.6) is 0 Å². The Bertz CT molecular complexity index is 869. The quantitative estimate of drug-likeness (QED) is 0.860. The van der Waals surface area contributed by atoms with E-state index >= 15 is 0 Å². The van der Waals surface area contributed by atoms with E-state index in [-0.39, 0.29) is 24.2 Å². The van der Waals surface area contributed by atoms with Gasteiger partial charge in [-0.15, -0.1) is 0 Å². The Hall–Kier alpha value is -2.33. The minimum absolute atomic E-state index is 0.0242. The molecule has 1 atom stereocenters. The predicted molar refractivity (Wildman–Crippen MR) is 106 cm³/mol. The summed E-state index contributed by atoms with van der Waals surface area (Å²) in [5.41, 5.74) is 5.65. The first-order valence-corrected chi connectivity index (χ1v) is 9.09. The molecule has 0 saturated carbocycles. The zero-order valence-corrected chi connectivity index (χ0v) is 16.3. The fourth-order valence-electron chi connectivity index (χ4n) is 3.52. The lowest BCUT2D eigenvalue weighted by Gasteiger charge is -2.20. The molecule has 0 radical (unpaired) electrons. The first kappa shape index (κ1) is 18.5. The van der Waals surface area contributed by atoms with Gasteiger partial charge in [0.2, 0.25) is 11.8 Å². The maximum atomic E-state index is 12.7. The van der Waals surface area contributed by atoms with Crippen molar-refractivity contribution in [2.24, 2.45) is 5.92 Å². The Labute approximate surface area is 159 Å². The van der Waals surface area contributed by atoms with Gasteiger partial charge in [0.25, 0.3) is 0 Å². The van der Waals surface area contributed by atoms with E-state index < -0.39 is 0 Å². The van der Waals surface area contributed by atoms with Crippen molar-refractivity contribution in [1.29, 1.82) is 0 Å². The predicted octanol–water partition coefficient (Wildman–Crippen LogP) is 4.57. The minimum Gasteiger partial charge on any atom is -0.324 e. The molecule has 1 fully saturated rings. The summed E-state index contributed by atoms with van der Waals surface area (Å²) in [4.78, 5) is 26.9. The molecule has 1 saturated heterocycles. The number of nitrogens with one attached hydrogen (secondary N) is 1. The summed E-state index contributed by atoms with van der Waals surface area (Å²) < 4.78 is 0. The molecule has 5 heteroatoms. The van der Waals surface area contributed by atoms with Crippen molar-refractivity contribution in [2.45, 2.75) is 34.1 Å². The highest BCUT2D eigenvalue weighted by atomic mass is 35.5. The van der Waals surface area contributed by atoms with Gasteiger partial charge in [0.15, 0.2) is 0 Å². The zero-order chi connectivity index (χ0) is 19.0. The second-order valence-corrected chi connectivity index (χ2v) is 7.53. The van der Waals surface area contributed by atoms with Gasteiger partial charge in [0, 0.05) is 18.7 Å². The van der Waals surface area contributed by atoms with Gasteiger partial charge in [-0.25, -0.2) is 0 Å². The summed E-state index contributed by atoms with van der Waals surface area (Å²) >= 11 is 6.28. The lowest BCUT2D eigenvalue weighted by molar-refractivity contribution is -0.122. The zero-order valence-electron chi connectivity index (χ0n) is 15.5. The van der Waals surface area contributed by atoms with Gasteiger partial charge in [-0.2, -0.15) is 0 Å². The van der Waals surface area contributed by atoms with Crippen molar-refractivity contribution in [3.8, 4) is 0 Å². The molecule has 1 aliphatic rings. The highest BCUT2D eigenvalue weighted by Crippen LogP contribution is 2.31. The highest BCUT2D eigenvalue weighted by Gasteiger charge is 2.36. The highest BCUT2D eigenvalue weighted by molar-refractivity contribution is 6.34. The van der Waals surface area contributed by atoms with E-state index in [0.717, 1.165) is 27.9 Å². The second-order valence-electron chi connectivity index (χ2n) is 7.12. The first-order valence-electron chi connectivity index (χ1n) is 8.71. The molecule has 1 heterocycles. The minimum atomic E-state index is -0.389. The van der Waals surface area contributed by atoms with Gasteiger partial charge >= 0.3 is 0 Å². The van der Waals surface area contributed by atoms with Gasteiger partial charge in [-0.05, 0) is 56.5 Å². The van der Waals surface area contributed by atoms with Gasteiger partial charge in [-0.3, -0.25) is 9.59 Å². The van der Waals surface area contributed by atoms with Crippen molar-refractivity contribution >= 4 is 34.8 Å². The van der Waals surface area contributed by atoms with Crippen molar-refractivity contribution in [1.82, 2.24) is 0 Å². The van der Waals surface area contributed by atoms with Crippen LogP contribution in [0.2, 0.25) is 5.02 Å². The van der Waals surface area contributed by atoms with Crippen LogP contribution in [0.15, 0.2) is 30.3 Å². The SMILES string of the molecule is Cc1ccc(N2CC(C(=O)Nc3c(C)cc(C)cc3Cl)CC2=O)c(C)c1. The topological polar surface area (TPSA) is 49.4 Å². The van der Waals surface area contributed by atoms with E-state index in [0.29, 0.717) is 17.3 Å². The number of halogens is 1. The molecule has 0 spiro atoms. The second kappa shape index (κ2) is 7.12. The van der Waals surface area contributed by atoms with Gasteiger partial charge < -0.3 is 10.2 Å². The normalized spacial score (nSPS) is 16.9. The molecule has 2 aromatic carbocycles. The van der Waals surface area contributed by atoms with Gasteiger partial charge in [0.1, 0.15) is 0 Å². The number of carbonyl (C=O) groups is 2. The third-order valence-corrected chi connectivity index (χ3v) is 5.12. The van der Waals surface area contributed by atoms with Crippen molar-refractivity contribution in [2.75, 3.05) is 16.8 Å². The van der Waals surface area contributed by atoms with Crippen LogP contribution in [0.3, 0.4) is 0 Å². The number of hydrogen-bond acceptors (Lipinski definition) is 2. The maximum absolute atomic E-state index is 12.7. The molecule has 4 nitrogen and oxygen atoms in total. The molecule has 1 unspecified atom stereocenters. The first-order chi connectivity index (χ1) is 12.3. The third kappa shape index (κ3) is 3.61. The monoisotopic (exact) mass is 370 g/mol. The largest absolute Gasteiger partial charge is 0.324 e. The van der Waals surface area contributed by atoms with Crippen molar-refractivity contribution in [3.05, 3.63) is 57.6 Å². The Morgan fingerprint density at radius 1 is 1.08 bits per heavy atom. The summed E-state index contributed by atoms with van der Waals surface area (Å²) in [6.07, 6.45) is 0.210. The van der Waals surface area contributed by atoms with Crippen LogP contribution in [0.25, 0.3) is 0 Å². The number of nitrogens with zero attached hydrogens (tertiary/aromatic N) is 1. The fourth-order valence-corrected chi connectivity index (χ4v) is 3.89. The van der Waals surface area contributed by atoms with E-state index in [1.165, 1.54) is 0 Å². The van der Waals surface area contributed by atoms with Crippen LogP contribution in [-0.4, -0.2) is 18.4 Å². The molecule has 1 N–H and O–H groups in total. The van der Waals surface area contributed by atoms with E-state index in [1.807, 2.05) is 58.0 Å². The average Bonchev–Trinajstić information content (AvgIpc) is 2.92. The molecule has 2 amide bonds. The molecule has 136 valence electrons. The van der Waals surface area contributed by atoms with E-state index in [9.17, 15) is 9.59 Å². The number of hydrogen-bond donors (Lipinski definition) is 1. The maximum Gasteiger partial charge on any atom is 0.229 e. The third-order valence-electron chi connectivity index (χ3n) is 4.82. The number of aryl methyl sites for hydroxylation is 4.